The molecule has 3 aromatic rings. The second-order valence-corrected chi connectivity index (χ2v) is 11.3. The van der Waals surface area contributed by atoms with Crippen LogP contribution in [0.25, 0.3) is 0 Å². The predicted octanol–water partition coefficient (Wildman–Crippen LogP) is 3.96. The highest BCUT2D eigenvalue weighted by molar-refractivity contribution is 7.16. The molecule has 38 heavy (non-hydrogen) atoms. The van der Waals surface area contributed by atoms with Crippen LogP contribution >= 0.6 is 11.3 Å². The Bertz CT molecular complexity index is 1140. The van der Waals surface area contributed by atoms with Gasteiger partial charge in [0.15, 0.2) is 5.13 Å². The first-order chi connectivity index (χ1) is 18.5. The average Bonchev–Trinajstić information content (AvgIpc) is 3.20. The highest BCUT2D eigenvalue weighted by atomic mass is 32.1. The molecule has 11 heteroatoms. The quantitative estimate of drug-likeness (QED) is 0.397. The molecule has 0 radical (unpaired) electrons. The maximum absolute atomic E-state index is 13.2. The van der Waals surface area contributed by atoms with Gasteiger partial charge >= 0.3 is 7.05 Å². The van der Waals surface area contributed by atoms with Crippen molar-refractivity contribution in [2.45, 2.75) is 45.3 Å². The SMILES string of the molecule is CB(O)Nc1ncc(CN2CCC(Oc3ccc(CN4CCCN(c5ccc(F)cn5)CC4)cc3)CC2)s1. The normalized spacial score (nSPS) is 17.8. The fraction of sp³-hybridized carbons (Fsp3) is 0.481. The summed E-state index contributed by atoms with van der Waals surface area (Å²) in [6.45, 7) is 9.30. The smallest absolute Gasteiger partial charge is 0.408 e. The molecule has 2 aromatic heterocycles. The molecule has 8 nitrogen and oxygen atoms in total. The number of aromatic nitrogens is 2. The number of anilines is 2. The zero-order valence-corrected chi connectivity index (χ0v) is 22.7. The summed E-state index contributed by atoms with van der Waals surface area (Å²) in [7, 11) is -0.594. The molecule has 5 rings (SSSR count). The molecule has 4 heterocycles. The third-order valence-electron chi connectivity index (χ3n) is 7.06. The van der Waals surface area contributed by atoms with Crippen molar-refractivity contribution in [2.75, 3.05) is 49.4 Å². The van der Waals surface area contributed by atoms with Gasteiger partial charge < -0.3 is 19.9 Å². The van der Waals surface area contributed by atoms with Gasteiger partial charge in [-0.05, 0) is 55.9 Å². The first-order valence-corrected chi connectivity index (χ1v) is 14.3. The molecule has 2 N–H and O–H groups in total. The average molecular weight is 539 g/mol. The molecule has 2 aliphatic rings. The van der Waals surface area contributed by atoms with E-state index in [-0.39, 0.29) is 11.9 Å². The van der Waals surface area contributed by atoms with Crippen molar-refractivity contribution in [1.82, 2.24) is 19.8 Å². The van der Waals surface area contributed by atoms with Crippen molar-refractivity contribution < 1.29 is 14.2 Å². The summed E-state index contributed by atoms with van der Waals surface area (Å²) in [4.78, 5) is 16.9. The minimum absolute atomic E-state index is 0.239. The van der Waals surface area contributed by atoms with Crippen molar-refractivity contribution in [3.8, 4) is 5.75 Å². The Morgan fingerprint density at radius 2 is 1.76 bits per heavy atom. The maximum Gasteiger partial charge on any atom is 0.408 e. The van der Waals surface area contributed by atoms with Gasteiger partial charge in [0.25, 0.3) is 0 Å². The molecule has 2 fully saturated rings. The van der Waals surface area contributed by atoms with Crippen molar-refractivity contribution in [3.05, 3.63) is 65.0 Å². The first kappa shape index (κ1) is 26.9. The van der Waals surface area contributed by atoms with Crippen LogP contribution in [0.5, 0.6) is 5.75 Å². The molecular formula is C27H36BFN6O2S. The number of benzene rings is 1. The van der Waals surface area contributed by atoms with Gasteiger partial charge in [-0.1, -0.05) is 12.1 Å². The molecule has 0 unspecified atom stereocenters. The van der Waals surface area contributed by atoms with Gasteiger partial charge in [-0.25, -0.2) is 14.4 Å². The van der Waals surface area contributed by atoms with Crippen molar-refractivity contribution >= 4 is 29.3 Å². The number of piperidine rings is 1. The highest BCUT2D eigenvalue weighted by Crippen LogP contribution is 2.24. The monoisotopic (exact) mass is 538 g/mol. The van der Waals surface area contributed by atoms with Crippen LogP contribution in [0.2, 0.25) is 6.82 Å². The third-order valence-corrected chi connectivity index (χ3v) is 7.97. The molecule has 0 atom stereocenters. The van der Waals surface area contributed by atoms with Crippen LogP contribution < -0.4 is 14.9 Å². The summed E-state index contributed by atoms with van der Waals surface area (Å²) < 4.78 is 19.5. The van der Waals surface area contributed by atoms with Crippen LogP contribution in [-0.4, -0.2) is 77.2 Å². The standard InChI is InChI=1S/C27H36BFN6O2S/c1-28(36)32-27-31-18-25(38-27)20-34-13-9-24(10-14-34)37-23-6-3-21(4-7-23)19-33-11-2-12-35(16-15-33)26-8-5-22(29)17-30-26/h3-8,17-18,24,36H,2,9-16,19-20H2,1H3,(H,31,32). The molecule has 2 saturated heterocycles. The summed E-state index contributed by atoms with van der Waals surface area (Å²) in [5.41, 5.74) is 1.29. The van der Waals surface area contributed by atoms with Gasteiger partial charge in [0.2, 0.25) is 0 Å². The zero-order valence-electron chi connectivity index (χ0n) is 21.9. The summed E-state index contributed by atoms with van der Waals surface area (Å²) in [6, 6.07) is 11.8. The van der Waals surface area contributed by atoms with E-state index in [9.17, 15) is 9.41 Å². The van der Waals surface area contributed by atoms with Gasteiger partial charge in [-0.3, -0.25) is 9.80 Å². The summed E-state index contributed by atoms with van der Waals surface area (Å²) in [5, 5.41) is 13.2. The number of likely N-dealkylation sites (tertiary alicyclic amines) is 1. The van der Waals surface area contributed by atoms with E-state index >= 15 is 0 Å². The van der Waals surface area contributed by atoms with E-state index in [0.717, 1.165) is 88.3 Å². The molecule has 0 saturated carbocycles. The molecule has 0 bridgehead atoms. The van der Waals surface area contributed by atoms with E-state index in [0.29, 0.717) is 0 Å². The lowest BCUT2D eigenvalue weighted by atomic mass is 9.90. The van der Waals surface area contributed by atoms with Crippen LogP contribution in [0.4, 0.5) is 15.3 Å². The second kappa shape index (κ2) is 12.9. The number of rotatable bonds is 9. The van der Waals surface area contributed by atoms with Gasteiger partial charge in [0.1, 0.15) is 23.5 Å². The van der Waals surface area contributed by atoms with Crippen LogP contribution in [-0.2, 0) is 13.1 Å². The molecule has 0 aliphatic carbocycles. The van der Waals surface area contributed by atoms with Crippen molar-refractivity contribution in [1.29, 1.82) is 0 Å². The van der Waals surface area contributed by atoms with E-state index in [1.54, 1.807) is 24.2 Å². The Morgan fingerprint density at radius 1 is 0.974 bits per heavy atom. The predicted molar refractivity (Wildman–Crippen MR) is 151 cm³/mol. The van der Waals surface area contributed by atoms with Crippen LogP contribution in [0.1, 0.15) is 29.7 Å². The Labute approximate surface area is 228 Å². The van der Waals surface area contributed by atoms with E-state index in [4.69, 9.17) is 4.74 Å². The third kappa shape index (κ3) is 7.66. The Morgan fingerprint density at radius 3 is 2.50 bits per heavy atom. The molecular weight excluding hydrogens is 502 g/mol. The zero-order chi connectivity index (χ0) is 26.3. The number of halogens is 1. The highest BCUT2D eigenvalue weighted by Gasteiger charge is 2.22. The first-order valence-electron chi connectivity index (χ1n) is 13.5. The number of ether oxygens (including phenoxy) is 1. The van der Waals surface area contributed by atoms with Crippen LogP contribution in [0.3, 0.4) is 0 Å². The van der Waals surface area contributed by atoms with Crippen LogP contribution in [0, 0.1) is 5.82 Å². The van der Waals surface area contributed by atoms with E-state index in [2.05, 4.69) is 54.2 Å². The van der Waals surface area contributed by atoms with Crippen molar-refractivity contribution in [2.24, 2.45) is 0 Å². The molecule has 202 valence electrons. The lowest BCUT2D eigenvalue weighted by Gasteiger charge is -2.31. The van der Waals surface area contributed by atoms with E-state index in [1.807, 2.05) is 6.20 Å². The van der Waals surface area contributed by atoms with Crippen molar-refractivity contribution in [3.63, 3.8) is 0 Å². The Hall–Kier alpha value is -2.73. The van der Waals surface area contributed by atoms with Gasteiger partial charge in [-0.15, -0.1) is 11.3 Å². The molecule has 2 aliphatic heterocycles. The van der Waals surface area contributed by atoms with Gasteiger partial charge in [0, 0.05) is 63.4 Å². The number of hydrogen-bond acceptors (Lipinski definition) is 9. The summed E-state index contributed by atoms with van der Waals surface area (Å²) in [5.74, 6) is 1.49. The van der Waals surface area contributed by atoms with Gasteiger partial charge in [-0.2, -0.15) is 0 Å². The van der Waals surface area contributed by atoms with Gasteiger partial charge in [0.05, 0.1) is 6.20 Å². The number of hydrogen-bond donors (Lipinski definition) is 2. The number of pyridine rings is 1. The Balaban J connectivity index is 1.04. The minimum Gasteiger partial charge on any atom is -0.490 e. The maximum atomic E-state index is 13.2. The Kier molecular flexibility index (Phi) is 9.11. The lowest BCUT2D eigenvalue weighted by Crippen LogP contribution is -2.37. The lowest BCUT2D eigenvalue weighted by molar-refractivity contribution is 0.0973. The largest absolute Gasteiger partial charge is 0.490 e. The second-order valence-electron chi connectivity index (χ2n) is 10.1. The topological polar surface area (TPSA) is 77.0 Å². The van der Waals surface area contributed by atoms with Crippen LogP contribution in [0.15, 0.2) is 48.8 Å². The molecule has 1 aromatic carbocycles. The molecule has 0 amide bonds. The number of nitrogens with zero attached hydrogens (tertiary/aromatic N) is 5. The summed E-state index contributed by atoms with van der Waals surface area (Å²) >= 11 is 1.60. The summed E-state index contributed by atoms with van der Waals surface area (Å²) in [6.07, 6.45) is 6.50. The molecule has 0 spiro atoms. The fourth-order valence-electron chi connectivity index (χ4n) is 5.07. The number of thiazole rings is 1. The number of nitrogens with one attached hydrogen (secondary N) is 1. The van der Waals surface area contributed by atoms with E-state index in [1.165, 1.54) is 22.7 Å². The van der Waals surface area contributed by atoms with E-state index < -0.39 is 7.05 Å². The fourth-order valence-corrected chi connectivity index (χ4v) is 6.00. The minimum atomic E-state index is -0.594.